The fourth-order valence-electron chi connectivity index (χ4n) is 7.80. The molecular formula is C60H72F4N6O6. The number of likely N-dealkylation sites (tertiary alicyclic amines) is 2. The average Bonchev–Trinajstić information content (AvgIpc) is 4.11. The van der Waals surface area contributed by atoms with E-state index in [-0.39, 0.29) is 35.1 Å². The van der Waals surface area contributed by atoms with Crippen LogP contribution in [0.2, 0.25) is 0 Å². The van der Waals surface area contributed by atoms with Crippen molar-refractivity contribution in [1.29, 1.82) is 0 Å². The summed E-state index contributed by atoms with van der Waals surface area (Å²) in [5.74, 6) is 0.399. The van der Waals surface area contributed by atoms with Gasteiger partial charge >= 0.3 is 0 Å². The van der Waals surface area contributed by atoms with Crippen LogP contribution >= 0.6 is 0 Å². The number of amides is 6. The largest absolute Gasteiger partial charge is 0.358 e. The third-order valence-electron chi connectivity index (χ3n) is 12.2. The van der Waals surface area contributed by atoms with Crippen LogP contribution in [0.1, 0.15) is 83.5 Å². The van der Waals surface area contributed by atoms with Crippen LogP contribution in [0, 0.1) is 35.1 Å². The van der Waals surface area contributed by atoms with Crippen molar-refractivity contribution in [1.82, 2.24) is 31.1 Å². The van der Waals surface area contributed by atoms with Crippen molar-refractivity contribution in [2.75, 3.05) is 52.4 Å². The molecule has 76 heavy (non-hydrogen) atoms. The molecule has 12 nitrogen and oxygen atoms in total. The first kappa shape index (κ1) is 62.4. The van der Waals surface area contributed by atoms with Crippen molar-refractivity contribution < 1.29 is 46.3 Å². The summed E-state index contributed by atoms with van der Waals surface area (Å²) in [5.41, 5.74) is 5.55. The molecule has 2 aliphatic rings. The van der Waals surface area contributed by atoms with E-state index in [1.165, 1.54) is 48.5 Å². The van der Waals surface area contributed by atoms with Crippen LogP contribution in [-0.4, -0.2) is 99.6 Å². The van der Waals surface area contributed by atoms with Crippen LogP contribution < -0.4 is 21.3 Å². The monoisotopic (exact) mass is 1050 g/mol. The lowest BCUT2D eigenvalue weighted by atomic mass is 10.0. The van der Waals surface area contributed by atoms with Gasteiger partial charge in [-0.2, -0.15) is 0 Å². The number of halogens is 4. The number of rotatable bonds is 18. The van der Waals surface area contributed by atoms with Gasteiger partial charge in [-0.3, -0.25) is 28.8 Å². The van der Waals surface area contributed by atoms with E-state index in [9.17, 15) is 46.3 Å². The van der Waals surface area contributed by atoms with Crippen molar-refractivity contribution in [2.45, 2.75) is 66.2 Å². The van der Waals surface area contributed by atoms with Gasteiger partial charge in [0.2, 0.25) is 25.6 Å². The first-order valence-corrected chi connectivity index (χ1v) is 25.6. The molecular weight excluding hydrogens is 977 g/mol. The Morgan fingerprint density at radius 1 is 0.434 bits per heavy atom. The van der Waals surface area contributed by atoms with Crippen LogP contribution in [0.25, 0.3) is 10.8 Å². The minimum absolute atomic E-state index is 0.111. The molecule has 2 saturated heterocycles. The first-order chi connectivity index (χ1) is 36.8. The van der Waals surface area contributed by atoms with Gasteiger partial charge in [0.25, 0.3) is 11.8 Å². The molecule has 0 spiro atoms. The van der Waals surface area contributed by atoms with E-state index in [4.69, 9.17) is 0 Å². The predicted octanol–water partition coefficient (Wildman–Crippen LogP) is 9.29. The Balaban J connectivity index is 0.000000262. The molecule has 4 N–H and O–H groups in total. The molecule has 6 aromatic carbocycles. The van der Waals surface area contributed by atoms with E-state index >= 15 is 0 Å². The summed E-state index contributed by atoms with van der Waals surface area (Å²) < 4.78 is 49.6. The molecule has 406 valence electrons. The maximum Gasteiger partial charge on any atom is 0.253 e. The molecule has 16 heteroatoms. The molecule has 0 aromatic heterocycles. The second-order valence-corrected chi connectivity index (χ2v) is 17.7. The molecule has 2 unspecified atom stereocenters. The van der Waals surface area contributed by atoms with Crippen molar-refractivity contribution in [3.8, 4) is 0 Å². The molecule has 0 saturated carbocycles. The van der Waals surface area contributed by atoms with Gasteiger partial charge in [-0.1, -0.05) is 88.4 Å². The van der Waals surface area contributed by atoms with Crippen molar-refractivity contribution >= 4 is 48.2 Å². The van der Waals surface area contributed by atoms with Crippen molar-refractivity contribution in [3.63, 3.8) is 0 Å². The van der Waals surface area contributed by atoms with Gasteiger partial charge in [-0.05, 0) is 156 Å². The van der Waals surface area contributed by atoms with E-state index in [2.05, 4.69) is 35.1 Å². The fraction of sp³-hybridized carbons (Fsp3) is 0.333. The number of nitrogens with one attached hydrogen (secondary N) is 4. The van der Waals surface area contributed by atoms with Crippen LogP contribution in [0.15, 0.2) is 133 Å². The summed E-state index contributed by atoms with van der Waals surface area (Å²) in [7, 11) is 0. The second-order valence-electron chi connectivity index (χ2n) is 17.7. The van der Waals surface area contributed by atoms with Crippen molar-refractivity contribution in [3.05, 3.63) is 190 Å². The lowest BCUT2D eigenvalue weighted by molar-refractivity contribution is -0.110. The quantitative estimate of drug-likeness (QED) is 0.0382. The Bertz CT molecular complexity index is 2400. The number of carbonyl (C=O) groups excluding carboxylic acids is 6. The number of benzene rings is 6. The summed E-state index contributed by atoms with van der Waals surface area (Å²) in [6, 6.07) is 36.6. The zero-order chi connectivity index (χ0) is 55.5. The summed E-state index contributed by atoms with van der Waals surface area (Å²) in [4.78, 5) is 68.8. The van der Waals surface area contributed by atoms with Crippen LogP contribution in [0.3, 0.4) is 0 Å². The highest BCUT2D eigenvalue weighted by molar-refractivity contribution is 6.02. The SMILES string of the molecule is CC.CC1CN(C(=O)c2ccc3cc(C(=O)N4CCCC4)ccc3c2)CC1C.O=CNCCc1ccc(F)cc1.O=CNCCc1ccc(F)cc1.O=CNCCc1ccc(F)cc1.O=CNCCc1ccc(F)cc1. The highest BCUT2D eigenvalue weighted by Crippen LogP contribution is 2.26. The maximum absolute atomic E-state index is 12.8. The summed E-state index contributed by atoms with van der Waals surface area (Å²) in [5, 5.41) is 12.2. The average molecular weight is 1050 g/mol. The van der Waals surface area contributed by atoms with Crippen molar-refractivity contribution in [2.24, 2.45) is 11.8 Å². The Kier molecular flexibility index (Phi) is 29.7. The zero-order valence-corrected chi connectivity index (χ0v) is 43.9. The van der Waals surface area contributed by atoms with E-state index in [0.717, 1.165) is 109 Å². The van der Waals surface area contributed by atoms with Gasteiger partial charge in [0.05, 0.1) is 0 Å². The van der Waals surface area contributed by atoms with Gasteiger partial charge < -0.3 is 31.1 Å². The fourth-order valence-corrected chi connectivity index (χ4v) is 7.80. The van der Waals surface area contributed by atoms with E-state index in [0.29, 0.717) is 63.7 Å². The third kappa shape index (κ3) is 23.5. The summed E-state index contributed by atoms with van der Waals surface area (Å²) >= 11 is 0. The minimum atomic E-state index is -0.234. The molecule has 2 heterocycles. The Hall–Kier alpha value is -7.88. The summed E-state index contributed by atoms with van der Waals surface area (Å²) in [6.07, 6.45) is 7.76. The standard InChI is InChI=1S/C22H26N2O2.4C9H10FNO.C2H6/c1-15-13-24(14-16(15)2)22(26)20-8-6-17-11-19(7-5-18(17)12-20)21(25)23-9-3-4-10-23;4*10-9-3-1-8(2-4-9)5-6-11-7-12;1-2/h5-8,11-12,15-16H,3-4,9-10,13-14H2,1-2H3;4*1-4,7H,5-6H2,(H,11,12);1-2H3. The highest BCUT2D eigenvalue weighted by atomic mass is 19.1. The highest BCUT2D eigenvalue weighted by Gasteiger charge is 2.30. The normalized spacial score (nSPS) is 13.9. The second kappa shape index (κ2) is 36.1. The molecule has 6 amide bonds. The Labute approximate surface area is 444 Å². The van der Waals surface area contributed by atoms with Gasteiger partial charge in [0, 0.05) is 63.5 Å². The summed E-state index contributed by atoms with van der Waals surface area (Å²) in [6.45, 7) is 14.2. The van der Waals surface area contributed by atoms with Crippen LogP contribution in [-0.2, 0) is 44.9 Å². The molecule has 6 aromatic rings. The number of hydrogen-bond acceptors (Lipinski definition) is 6. The van der Waals surface area contributed by atoms with Gasteiger partial charge in [-0.25, -0.2) is 17.6 Å². The number of fused-ring (bicyclic) bond motifs is 1. The lowest BCUT2D eigenvalue weighted by Gasteiger charge is -2.17. The van der Waals surface area contributed by atoms with E-state index in [1.807, 2.05) is 60.0 Å². The molecule has 0 bridgehead atoms. The lowest BCUT2D eigenvalue weighted by Crippen LogP contribution is -2.28. The van der Waals surface area contributed by atoms with Crippen LogP contribution in [0.4, 0.5) is 17.6 Å². The maximum atomic E-state index is 12.8. The molecule has 0 radical (unpaired) electrons. The number of carbonyl (C=O) groups is 6. The van der Waals surface area contributed by atoms with E-state index < -0.39 is 0 Å². The molecule has 2 fully saturated rings. The van der Waals surface area contributed by atoms with Gasteiger partial charge in [0.15, 0.2) is 0 Å². The van der Waals surface area contributed by atoms with E-state index in [1.54, 1.807) is 48.5 Å². The Morgan fingerprint density at radius 2 is 0.697 bits per heavy atom. The zero-order valence-electron chi connectivity index (χ0n) is 43.9. The first-order valence-electron chi connectivity index (χ1n) is 25.6. The minimum Gasteiger partial charge on any atom is -0.358 e. The molecule has 2 atom stereocenters. The Morgan fingerprint density at radius 3 is 0.961 bits per heavy atom. The third-order valence-corrected chi connectivity index (χ3v) is 12.2. The predicted molar refractivity (Wildman–Crippen MR) is 291 cm³/mol. The topological polar surface area (TPSA) is 157 Å². The molecule has 0 aliphatic carbocycles. The number of nitrogens with zero attached hydrogens (tertiary/aromatic N) is 2. The van der Waals surface area contributed by atoms with Gasteiger partial charge in [0.1, 0.15) is 23.3 Å². The van der Waals surface area contributed by atoms with Gasteiger partial charge in [-0.15, -0.1) is 0 Å². The van der Waals surface area contributed by atoms with Crippen LogP contribution in [0.5, 0.6) is 0 Å². The smallest absolute Gasteiger partial charge is 0.253 e. The molecule has 8 rings (SSSR count). The number of hydrogen-bond donors (Lipinski definition) is 4. The molecule has 2 aliphatic heterocycles.